The Hall–Kier alpha value is -0.0800. The van der Waals surface area contributed by atoms with E-state index >= 15 is 0 Å². The van der Waals surface area contributed by atoms with Gasteiger partial charge in [-0.2, -0.15) is 0 Å². The maximum Gasteiger partial charge on any atom is 0.0718 e. The van der Waals surface area contributed by atoms with E-state index in [2.05, 4.69) is 27.7 Å². The fraction of sp³-hybridized carbons (Fsp3) is 1.00. The lowest BCUT2D eigenvalue weighted by atomic mass is 9.60. The summed E-state index contributed by atoms with van der Waals surface area (Å²) >= 11 is 0. The van der Waals surface area contributed by atoms with Crippen molar-refractivity contribution < 1.29 is 5.11 Å². The van der Waals surface area contributed by atoms with Gasteiger partial charge in [0.05, 0.1) is 5.60 Å². The van der Waals surface area contributed by atoms with E-state index in [1.165, 1.54) is 6.42 Å². The molecule has 0 heterocycles. The van der Waals surface area contributed by atoms with Gasteiger partial charge >= 0.3 is 0 Å². The normalized spacial score (nSPS) is 41.2. The summed E-state index contributed by atoms with van der Waals surface area (Å²) in [7, 11) is 0. The minimum absolute atomic E-state index is 0.115. The zero-order chi connectivity index (χ0) is 11.7. The van der Waals surface area contributed by atoms with Crippen LogP contribution in [0.15, 0.2) is 0 Å². The molecule has 1 aliphatic rings. The van der Waals surface area contributed by atoms with Gasteiger partial charge in [-0.1, -0.05) is 27.7 Å². The standard InChI is InChI=1S/C13H27NO/c1-5-12(4,9-14)13(15)7-10(2)6-11(3)8-13/h10-11,15H,5-9,14H2,1-4H3. The summed E-state index contributed by atoms with van der Waals surface area (Å²) in [5.74, 6) is 1.24. The lowest BCUT2D eigenvalue weighted by Crippen LogP contribution is -2.54. The largest absolute Gasteiger partial charge is 0.389 e. The molecule has 0 spiro atoms. The Kier molecular flexibility index (Phi) is 3.83. The third-order valence-electron chi connectivity index (χ3n) is 4.53. The molecule has 0 saturated heterocycles. The Morgan fingerprint density at radius 2 is 1.80 bits per heavy atom. The van der Waals surface area contributed by atoms with Crippen molar-refractivity contribution in [2.24, 2.45) is 23.0 Å². The highest BCUT2D eigenvalue weighted by atomic mass is 16.3. The van der Waals surface area contributed by atoms with E-state index in [4.69, 9.17) is 5.73 Å². The van der Waals surface area contributed by atoms with Gasteiger partial charge in [0, 0.05) is 12.0 Å². The van der Waals surface area contributed by atoms with Gasteiger partial charge in [-0.3, -0.25) is 0 Å². The average molecular weight is 213 g/mol. The molecule has 0 amide bonds. The second-order valence-corrected chi connectivity index (χ2v) is 6.00. The third-order valence-corrected chi connectivity index (χ3v) is 4.53. The monoisotopic (exact) mass is 213 g/mol. The van der Waals surface area contributed by atoms with Gasteiger partial charge in [-0.05, 0) is 37.5 Å². The van der Waals surface area contributed by atoms with Crippen LogP contribution in [0.25, 0.3) is 0 Å². The number of nitrogens with two attached hydrogens (primary N) is 1. The summed E-state index contributed by atoms with van der Waals surface area (Å²) in [6.45, 7) is 9.34. The van der Waals surface area contributed by atoms with Crippen molar-refractivity contribution in [1.82, 2.24) is 0 Å². The van der Waals surface area contributed by atoms with Crippen LogP contribution in [0.5, 0.6) is 0 Å². The molecular weight excluding hydrogens is 186 g/mol. The lowest BCUT2D eigenvalue weighted by molar-refractivity contribution is -0.122. The first-order chi connectivity index (χ1) is 6.87. The van der Waals surface area contributed by atoms with E-state index < -0.39 is 5.60 Å². The second kappa shape index (κ2) is 4.42. The molecule has 90 valence electrons. The Bertz CT molecular complexity index is 201. The number of hydrogen-bond donors (Lipinski definition) is 2. The van der Waals surface area contributed by atoms with E-state index in [1.807, 2.05) is 0 Å². The van der Waals surface area contributed by atoms with E-state index in [0.29, 0.717) is 18.4 Å². The molecule has 2 heteroatoms. The lowest BCUT2D eigenvalue weighted by Gasteiger charge is -2.50. The molecule has 0 radical (unpaired) electrons. The molecule has 3 atom stereocenters. The van der Waals surface area contributed by atoms with Crippen LogP contribution >= 0.6 is 0 Å². The summed E-state index contributed by atoms with van der Waals surface area (Å²) in [6, 6.07) is 0. The maximum atomic E-state index is 10.9. The van der Waals surface area contributed by atoms with Crippen molar-refractivity contribution in [3.8, 4) is 0 Å². The number of rotatable bonds is 3. The molecule has 3 N–H and O–H groups in total. The Labute approximate surface area is 94.2 Å². The maximum absolute atomic E-state index is 10.9. The van der Waals surface area contributed by atoms with Crippen LogP contribution in [-0.2, 0) is 0 Å². The van der Waals surface area contributed by atoms with Crippen molar-refractivity contribution in [3.63, 3.8) is 0 Å². The molecule has 1 rings (SSSR count). The van der Waals surface area contributed by atoms with Crippen molar-refractivity contribution in [3.05, 3.63) is 0 Å². The summed E-state index contributed by atoms with van der Waals surface area (Å²) in [4.78, 5) is 0. The molecule has 2 nitrogen and oxygen atoms in total. The van der Waals surface area contributed by atoms with Crippen LogP contribution in [0.2, 0.25) is 0 Å². The summed E-state index contributed by atoms with van der Waals surface area (Å²) in [5, 5.41) is 10.9. The van der Waals surface area contributed by atoms with Crippen molar-refractivity contribution in [2.45, 2.75) is 59.0 Å². The van der Waals surface area contributed by atoms with Gasteiger partial charge in [-0.25, -0.2) is 0 Å². The summed E-state index contributed by atoms with van der Waals surface area (Å²) < 4.78 is 0. The Morgan fingerprint density at radius 1 is 1.33 bits per heavy atom. The van der Waals surface area contributed by atoms with E-state index in [-0.39, 0.29) is 5.41 Å². The van der Waals surface area contributed by atoms with Crippen molar-refractivity contribution >= 4 is 0 Å². The minimum atomic E-state index is -0.548. The molecular formula is C13H27NO. The molecule has 15 heavy (non-hydrogen) atoms. The Balaban J connectivity index is 2.88. The number of aliphatic hydroxyl groups is 1. The van der Waals surface area contributed by atoms with Crippen LogP contribution in [0.4, 0.5) is 0 Å². The fourth-order valence-corrected chi connectivity index (χ4v) is 3.25. The van der Waals surface area contributed by atoms with Gasteiger partial charge in [0.25, 0.3) is 0 Å². The molecule has 0 aliphatic heterocycles. The van der Waals surface area contributed by atoms with Gasteiger partial charge in [0.1, 0.15) is 0 Å². The predicted octanol–water partition coefficient (Wildman–Crippen LogP) is 2.55. The highest BCUT2D eigenvalue weighted by molar-refractivity contribution is 5.00. The van der Waals surface area contributed by atoms with E-state index in [9.17, 15) is 5.11 Å². The Morgan fingerprint density at radius 3 is 2.13 bits per heavy atom. The molecule has 1 fully saturated rings. The van der Waals surface area contributed by atoms with Crippen LogP contribution in [-0.4, -0.2) is 17.3 Å². The van der Waals surface area contributed by atoms with Crippen molar-refractivity contribution in [1.29, 1.82) is 0 Å². The second-order valence-electron chi connectivity index (χ2n) is 6.00. The van der Waals surface area contributed by atoms with E-state index in [0.717, 1.165) is 19.3 Å². The first-order valence-electron chi connectivity index (χ1n) is 6.29. The zero-order valence-electron chi connectivity index (χ0n) is 10.7. The molecule has 0 aromatic carbocycles. The van der Waals surface area contributed by atoms with Crippen LogP contribution in [0.3, 0.4) is 0 Å². The average Bonchev–Trinajstić information content (AvgIpc) is 2.14. The number of hydrogen-bond acceptors (Lipinski definition) is 2. The quantitative estimate of drug-likeness (QED) is 0.757. The highest BCUT2D eigenvalue weighted by Gasteiger charge is 2.48. The molecule has 0 aromatic rings. The van der Waals surface area contributed by atoms with Gasteiger partial charge in [0.15, 0.2) is 0 Å². The first-order valence-corrected chi connectivity index (χ1v) is 6.29. The smallest absolute Gasteiger partial charge is 0.0718 e. The van der Waals surface area contributed by atoms with Crippen LogP contribution in [0, 0.1) is 17.3 Å². The first kappa shape index (κ1) is 13.0. The summed E-state index contributed by atoms with van der Waals surface area (Å²) in [6.07, 6.45) is 4.03. The molecule has 1 saturated carbocycles. The van der Waals surface area contributed by atoms with E-state index in [1.54, 1.807) is 0 Å². The zero-order valence-corrected chi connectivity index (χ0v) is 10.7. The minimum Gasteiger partial charge on any atom is -0.389 e. The van der Waals surface area contributed by atoms with Gasteiger partial charge in [0.2, 0.25) is 0 Å². The topological polar surface area (TPSA) is 46.2 Å². The van der Waals surface area contributed by atoms with Crippen LogP contribution < -0.4 is 5.73 Å². The van der Waals surface area contributed by atoms with Crippen molar-refractivity contribution in [2.75, 3.05) is 6.54 Å². The summed E-state index contributed by atoms with van der Waals surface area (Å²) in [5.41, 5.74) is 5.20. The fourth-order valence-electron chi connectivity index (χ4n) is 3.25. The highest BCUT2D eigenvalue weighted by Crippen LogP contribution is 2.47. The SMILES string of the molecule is CCC(C)(CN)C1(O)CC(C)CC(C)C1. The van der Waals surface area contributed by atoms with Gasteiger partial charge in [-0.15, -0.1) is 0 Å². The van der Waals surface area contributed by atoms with Gasteiger partial charge < -0.3 is 10.8 Å². The molecule has 3 unspecified atom stereocenters. The molecule has 1 aliphatic carbocycles. The molecule has 0 aromatic heterocycles. The predicted molar refractivity (Wildman–Crippen MR) is 64.6 cm³/mol. The third kappa shape index (κ3) is 2.36. The van der Waals surface area contributed by atoms with Crippen LogP contribution in [0.1, 0.15) is 53.4 Å². The molecule has 0 bridgehead atoms.